The van der Waals surface area contributed by atoms with Crippen molar-refractivity contribution < 1.29 is 0 Å². The Morgan fingerprint density at radius 3 is 3.07 bits per heavy atom. The van der Waals surface area contributed by atoms with E-state index in [1.807, 2.05) is 13.0 Å². The molecule has 0 fully saturated rings. The van der Waals surface area contributed by atoms with Crippen LogP contribution in [0.15, 0.2) is 40.8 Å². The average Bonchev–Trinajstić information content (AvgIpc) is 2.60. The number of para-hydroxylation sites is 1. The number of thiazole rings is 1. The van der Waals surface area contributed by atoms with Crippen molar-refractivity contribution in [1.29, 1.82) is 0 Å². The molecule has 0 unspecified atom stereocenters. The molecule has 14 heavy (non-hydrogen) atoms. The summed E-state index contributed by atoms with van der Waals surface area (Å²) in [6, 6.07) is 8.27. The van der Waals surface area contributed by atoms with Gasteiger partial charge in [-0.15, -0.1) is 11.3 Å². The topological polar surface area (TPSA) is 12.9 Å². The van der Waals surface area contributed by atoms with E-state index in [1.54, 1.807) is 23.1 Å². The second kappa shape index (κ2) is 4.62. The molecule has 0 spiro atoms. The molecule has 1 heterocycles. The van der Waals surface area contributed by atoms with Gasteiger partial charge in [-0.3, -0.25) is 0 Å². The molecule has 0 aliphatic heterocycles. The van der Waals surface area contributed by atoms with Gasteiger partial charge in [0, 0.05) is 5.75 Å². The minimum Gasteiger partial charge on any atom is -0.230 e. The van der Waals surface area contributed by atoms with E-state index in [2.05, 4.69) is 35.3 Å². The van der Waals surface area contributed by atoms with Crippen LogP contribution in [-0.4, -0.2) is 10.7 Å². The fraction of sp³-hybridized carbons (Fsp3) is 0.182. The Labute approximate surface area is 91.9 Å². The quantitative estimate of drug-likeness (QED) is 0.574. The Balaban J connectivity index is 2.18. The van der Waals surface area contributed by atoms with Crippen LogP contribution in [0, 0.1) is 0 Å². The summed E-state index contributed by atoms with van der Waals surface area (Å²) < 4.78 is 2.43. The average molecular weight is 221 g/mol. The van der Waals surface area contributed by atoms with Gasteiger partial charge in [0.15, 0.2) is 4.34 Å². The Morgan fingerprint density at radius 1 is 1.43 bits per heavy atom. The van der Waals surface area contributed by atoms with Gasteiger partial charge >= 0.3 is 0 Å². The summed E-state index contributed by atoms with van der Waals surface area (Å²) in [6.45, 7) is 2.04. The summed E-state index contributed by atoms with van der Waals surface area (Å²) in [7, 11) is 0. The number of thioether (sulfide) groups is 1. The van der Waals surface area contributed by atoms with Gasteiger partial charge in [-0.05, 0) is 19.1 Å². The smallest absolute Gasteiger partial charge is 0.151 e. The lowest BCUT2D eigenvalue weighted by atomic mass is 10.3. The lowest BCUT2D eigenvalue weighted by Gasteiger charge is -1.87. The van der Waals surface area contributed by atoms with Gasteiger partial charge in [-0.2, -0.15) is 0 Å². The third-order valence-electron chi connectivity index (χ3n) is 1.81. The van der Waals surface area contributed by atoms with Gasteiger partial charge in [0.2, 0.25) is 0 Å². The van der Waals surface area contributed by atoms with Crippen molar-refractivity contribution in [2.75, 3.05) is 5.75 Å². The fourth-order valence-electron chi connectivity index (χ4n) is 1.13. The van der Waals surface area contributed by atoms with Crippen LogP contribution in [0.1, 0.15) is 6.92 Å². The molecule has 2 rings (SSSR count). The first-order chi connectivity index (χ1) is 6.90. The molecule has 3 heteroatoms. The Bertz CT molecular complexity index is 412. The summed E-state index contributed by atoms with van der Waals surface area (Å²) in [5.74, 6) is 1.01. The van der Waals surface area contributed by atoms with E-state index in [4.69, 9.17) is 0 Å². The third-order valence-corrected chi connectivity index (χ3v) is 3.94. The number of aromatic nitrogens is 1. The third kappa shape index (κ3) is 2.16. The molecule has 0 saturated carbocycles. The number of fused-ring (bicyclic) bond motifs is 1. The molecule has 0 bridgehead atoms. The first kappa shape index (κ1) is 9.74. The van der Waals surface area contributed by atoms with Crippen molar-refractivity contribution in [3.8, 4) is 0 Å². The van der Waals surface area contributed by atoms with Crippen molar-refractivity contribution in [2.45, 2.75) is 11.3 Å². The molecule has 0 amide bonds. The van der Waals surface area contributed by atoms with Gasteiger partial charge in [0.05, 0.1) is 10.2 Å². The molecule has 0 N–H and O–H groups in total. The number of benzene rings is 1. The standard InChI is InChI=1S/C11H11NS2/c1-2-3-8-13-11-12-9-6-4-5-7-10(9)14-11/h2-7H,8H2,1H3/b3-2-. The minimum absolute atomic E-state index is 1.01. The van der Waals surface area contributed by atoms with E-state index in [1.165, 1.54) is 4.70 Å². The fourth-order valence-corrected chi connectivity index (χ4v) is 3.13. The highest BCUT2D eigenvalue weighted by atomic mass is 32.2. The highest BCUT2D eigenvalue weighted by Crippen LogP contribution is 2.29. The Hall–Kier alpha value is -0.800. The van der Waals surface area contributed by atoms with Crippen LogP contribution in [-0.2, 0) is 0 Å². The predicted octanol–water partition coefficient (Wildman–Crippen LogP) is 3.96. The van der Waals surface area contributed by atoms with Gasteiger partial charge < -0.3 is 0 Å². The summed E-state index contributed by atoms with van der Waals surface area (Å²) in [4.78, 5) is 4.53. The van der Waals surface area contributed by atoms with E-state index < -0.39 is 0 Å². The monoisotopic (exact) mass is 221 g/mol. The van der Waals surface area contributed by atoms with Crippen LogP contribution in [0.25, 0.3) is 10.2 Å². The molecule has 0 aliphatic rings. The Kier molecular flexibility index (Phi) is 3.22. The summed E-state index contributed by atoms with van der Waals surface area (Å²) in [6.07, 6.45) is 4.22. The SMILES string of the molecule is C/C=C\CSc1nc2ccccc2s1. The number of nitrogens with zero attached hydrogens (tertiary/aromatic N) is 1. The maximum absolute atomic E-state index is 4.53. The predicted molar refractivity (Wildman–Crippen MR) is 65.2 cm³/mol. The molecule has 1 nitrogen and oxygen atoms in total. The molecule has 0 radical (unpaired) electrons. The van der Waals surface area contributed by atoms with Crippen LogP contribution in [0.4, 0.5) is 0 Å². The second-order valence-corrected chi connectivity index (χ2v) is 5.13. The first-order valence-corrected chi connectivity index (χ1v) is 6.30. The van der Waals surface area contributed by atoms with Crippen LogP contribution in [0.5, 0.6) is 0 Å². The lowest BCUT2D eigenvalue weighted by molar-refractivity contribution is 1.30. The van der Waals surface area contributed by atoms with Crippen molar-refractivity contribution in [2.24, 2.45) is 0 Å². The maximum atomic E-state index is 4.53. The zero-order valence-electron chi connectivity index (χ0n) is 7.93. The minimum atomic E-state index is 1.01. The second-order valence-electron chi connectivity index (χ2n) is 2.83. The number of hydrogen-bond acceptors (Lipinski definition) is 3. The van der Waals surface area contributed by atoms with E-state index in [-0.39, 0.29) is 0 Å². The van der Waals surface area contributed by atoms with E-state index in [9.17, 15) is 0 Å². The van der Waals surface area contributed by atoms with Gasteiger partial charge in [-0.1, -0.05) is 36.0 Å². The van der Waals surface area contributed by atoms with Crippen molar-refractivity contribution in [1.82, 2.24) is 4.98 Å². The van der Waals surface area contributed by atoms with E-state index >= 15 is 0 Å². The summed E-state index contributed by atoms with van der Waals surface area (Å²) in [5.41, 5.74) is 1.11. The Morgan fingerprint density at radius 2 is 2.29 bits per heavy atom. The molecule has 1 aromatic heterocycles. The van der Waals surface area contributed by atoms with Gasteiger partial charge in [-0.25, -0.2) is 4.98 Å². The molecule has 0 saturated heterocycles. The molecule has 2 aromatic rings. The highest BCUT2D eigenvalue weighted by Gasteiger charge is 2.01. The van der Waals surface area contributed by atoms with Crippen LogP contribution >= 0.6 is 23.1 Å². The first-order valence-electron chi connectivity index (χ1n) is 4.49. The maximum Gasteiger partial charge on any atom is 0.151 e. The van der Waals surface area contributed by atoms with Crippen molar-refractivity contribution in [3.05, 3.63) is 36.4 Å². The number of rotatable bonds is 3. The van der Waals surface area contributed by atoms with Crippen molar-refractivity contribution in [3.63, 3.8) is 0 Å². The number of hydrogen-bond donors (Lipinski definition) is 0. The van der Waals surface area contributed by atoms with Gasteiger partial charge in [0.1, 0.15) is 0 Å². The van der Waals surface area contributed by atoms with Crippen LogP contribution < -0.4 is 0 Å². The lowest BCUT2D eigenvalue weighted by Crippen LogP contribution is -1.70. The van der Waals surface area contributed by atoms with Crippen molar-refractivity contribution >= 4 is 33.3 Å². The zero-order valence-corrected chi connectivity index (χ0v) is 9.57. The molecular formula is C11H11NS2. The zero-order chi connectivity index (χ0) is 9.80. The molecule has 1 aromatic carbocycles. The molecule has 0 aliphatic carbocycles. The largest absolute Gasteiger partial charge is 0.230 e. The normalized spacial score (nSPS) is 11.5. The highest BCUT2D eigenvalue weighted by molar-refractivity contribution is 8.01. The summed E-state index contributed by atoms with van der Waals surface area (Å²) in [5, 5.41) is 0. The number of allylic oxidation sites excluding steroid dienone is 1. The molecular weight excluding hydrogens is 210 g/mol. The van der Waals surface area contributed by atoms with Gasteiger partial charge in [0.25, 0.3) is 0 Å². The molecule has 72 valence electrons. The van der Waals surface area contributed by atoms with E-state index in [0.29, 0.717) is 0 Å². The summed E-state index contributed by atoms with van der Waals surface area (Å²) >= 11 is 3.56. The van der Waals surface area contributed by atoms with Crippen LogP contribution in [0.2, 0.25) is 0 Å². The molecule has 0 atom stereocenters. The van der Waals surface area contributed by atoms with Crippen LogP contribution in [0.3, 0.4) is 0 Å². The van der Waals surface area contributed by atoms with E-state index in [0.717, 1.165) is 15.6 Å².